The van der Waals surface area contributed by atoms with Crippen molar-refractivity contribution in [1.29, 1.82) is 0 Å². The van der Waals surface area contributed by atoms with Gasteiger partial charge in [-0.25, -0.2) is 0 Å². The van der Waals surface area contributed by atoms with Crippen molar-refractivity contribution in [2.24, 2.45) is 5.92 Å². The zero-order valence-electron chi connectivity index (χ0n) is 13.1. The number of rotatable bonds is 4. The zero-order chi connectivity index (χ0) is 15.5. The summed E-state index contributed by atoms with van der Waals surface area (Å²) >= 11 is 0. The quantitative estimate of drug-likeness (QED) is 0.897. The van der Waals surface area contributed by atoms with Gasteiger partial charge >= 0.3 is 0 Å². The standard InChI is InChI=1S/C18H25NO3/c1-22-14-8-6-12(7-9-14)10-17(21)19-18-15-5-3-2-4-13(15)11-16(18)20/h2-5,12,14,16,18,20H,6-11H2,1H3,(H,19,21). The second kappa shape index (κ2) is 6.80. The Morgan fingerprint density at radius 2 is 2.00 bits per heavy atom. The smallest absolute Gasteiger partial charge is 0.220 e. The normalized spacial score (nSPS) is 30.8. The number of hydrogen-bond donors (Lipinski definition) is 2. The van der Waals surface area contributed by atoms with Gasteiger partial charge in [0.05, 0.1) is 18.2 Å². The molecule has 2 N–H and O–H groups in total. The Labute approximate surface area is 131 Å². The van der Waals surface area contributed by atoms with E-state index in [0.29, 0.717) is 24.9 Å². The van der Waals surface area contributed by atoms with Crippen molar-refractivity contribution < 1.29 is 14.6 Å². The molecule has 1 amide bonds. The number of amides is 1. The van der Waals surface area contributed by atoms with Gasteiger partial charge in [0.2, 0.25) is 5.91 Å². The van der Waals surface area contributed by atoms with Crippen molar-refractivity contribution in [3.63, 3.8) is 0 Å². The van der Waals surface area contributed by atoms with Crippen LogP contribution in [-0.2, 0) is 16.0 Å². The molecular formula is C18H25NO3. The van der Waals surface area contributed by atoms with Gasteiger partial charge in [0.25, 0.3) is 0 Å². The topological polar surface area (TPSA) is 58.6 Å². The van der Waals surface area contributed by atoms with Crippen LogP contribution in [0.3, 0.4) is 0 Å². The van der Waals surface area contributed by atoms with E-state index in [-0.39, 0.29) is 11.9 Å². The number of aliphatic hydroxyl groups is 1. The summed E-state index contributed by atoms with van der Waals surface area (Å²) in [6.07, 6.45) is 5.23. The van der Waals surface area contributed by atoms with Crippen LogP contribution in [0.4, 0.5) is 0 Å². The van der Waals surface area contributed by atoms with Crippen LogP contribution in [-0.4, -0.2) is 30.3 Å². The Hall–Kier alpha value is -1.39. The molecule has 2 atom stereocenters. The number of carbonyl (C=O) groups is 1. The fourth-order valence-corrected chi connectivity index (χ4v) is 3.81. The Bertz CT molecular complexity index is 523. The van der Waals surface area contributed by atoms with Crippen molar-refractivity contribution in [3.05, 3.63) is 35.4 Å². The van der Waals surface area contributed by atoms with E-state index in [0.717, 1.165) is 36.8 Å². The minimum Gasteiger partial charge on any atom is -0.390 e. The largest absolute Gasteiger partial charge is 0.390 e. The molecule has 0 bridgehead atoms. The number of aliphatic hydroxyl groups excluding tert-OH is 1. The molecule has 1 fully saturated rings. The lowest BCUT2D eigenvalue weighted by Crippen LogP contribution is -2.35. The highest BCUT2D eigenvalue weighted by atomic mass is 16.5. The van der Waals surface area contributed by atoms with E-state index in [4.69, 9.17) is 4.74 Å². The molecule has 1 aromatic carbocycles. The molecule has 4 nitrogen and oxygen atoms in total. The van der Waals surface area contributed by atoms with E-state index in [9.17, 15) is 9.90 Å². The van der Waals surface area contributed by atoms with E-state index < -0.39 is 6.10 Å². The Kier molecular flexibility index (Phi) is 4.79. The SMILES string of the molecule is COC1CCC(CC(=O)NC2c3ccccc3CC2O)CC1. The first-order valence-corrected chi connectivity index (χ1v) is 8.25. The van der Waals surface area contributed by atoms with Gasteiger partial charge < -0.3 is 15.2 Å². The van der Waals surface area contributed by atoms with Crippen LogP contribution >= 0.6 is 0 Å². The Morgan fingerprint density at radius 3 is 2.73 bits per heavy atom. The minimum atomic E-state index is -0.509. The monoisotopic (exact) mass is 303 g/mol. The maximum absolute atomic E-state index is 12.3. The lowest BCUT2D eigenvalue weighted by atomic mass is 9.85. The third-order valence-corrected chi connectivity index (χ3v) is 5.12. The number of hydrogen-bond acceptors (Lipinski definition) is 3. The number of fused-ring (bicyclic) bond motifs is 1. The van der Waals surface area contributed by atoms with Crippen molar-refractivity contribution in [1.82, 2.24) is 5.32 Å². The number of ether oxygens (including phenoxy) is 1. The van der Waals surface area contributed by atoms with Crippen molar-refractivity contribution >= 4 is 5.91 Å². The lowest BCUT2D eigenvalue weighted by Gasteiger charge is -2.27. The molecule has 0 radical (unpaired) electrons. The average molecular weight is 303 g/mol. The molecule has 1 aromatic rings. The van der Waals surface area contributed by atoms with Gasteiger partial charge in [-0.2, -0.15) is 0 Å². The molecule has 0 spiro atoms. The van der Waals surface area contributed by atoms with Crippen molar-refractivity contribution in [2.45, 2.75) is 56.8 Å². The number of carbonyl (C=O) groups excluding carboxylic acids is 1. The van der Waals surface area contributed by atoms with Crippen LogP contribution in [0.1, 0.15) is 49.3 Å². The molecule has 4 heteroatoms. The highest BCUT2D eigenvalue weighted by Crippen LogP contribution is 2.32. The first-order chi connectivity index (χ1) is 10.7. The highest BCUT2D eigenvalue weighted by Gasteiger charge is 2.32. The Morgan fingerprint density at radius 1 is 1.27 bits per heavy atom. The molecule has 0 saturated heterocycles. The summed E-state index contributed by atoms with van der Waals surface area (Å²) in [5, 5.41) is 13.2. The fraction of sp³-hybridized carbons (Fsp3) is 0.611. The molecule has 2 aliphatic carbocycles. The molecular weight excluding hydrogens is 278 g/mol. The van der Waals surface area contributed by atoms with Crippen LogP contribution < -0.4 is 5.32 Å². The average Bonchev–Trinajstić information content (AvgIpc) is 2.84. The maximum Gasteiger partial charge on any atom is 0.220 e. The van der Waals surface area contributed by atoms with Gasteiger partial charge in [-0.1, -0.05) is 24.3 Å². The van der Waals surface area contributed by atoms with Gasteiger partial charge in [0, 0.05) is 20.0 Å². The van der Waals surface area contributed by atoms with Crippen LogP contribution in [0.15, 0.2) is 24.3 Å². The summed E-state index contributed by atoms with van der Waals surface area (Å²) in [7, 11) is 1.76. The molecule has 22 heavy (non-hydrogen) atoms. The van der Waals surface area contributed by atoms with Crippen LogP contribution in [0.5, 0.6) is 0 Å². The molecule has 2 aliphatic rings. The number of methoxy groups -OCH3 is 1. The molecule has 3 rings (SSSR count). The molecule has 0 aliphatic heterocycles. The number of nitrogens with one attached hydrogen (secondary N) is 1. The minimum absolute atomic E-state index is 0.0571. The summed E-state index contributed by atoms with van der Waals surface area (Å²) in [5.74, 6) is 0.502. The number of benzene rings is 1. The first kappa shape index (κ1) is 15.5. The van der Waals surface area contributed by atoms with Gasteiger partial charge in [-0.3, -0.25) is 4.79 Å². The van der Waals surface area contributed by atoms with Crippen LogP contribution in [0.2, 0.25) is 0 Å². The van der Waals surface area contributed by atoms with Crippen LogP contribution in [0.25, 0.3) is 0 Å². The van der Waals surface area contributed by atoms with E-state index in [1.54, 1.807) is 7.11 Å². The van der Waals surface area contributed by atoms with E-state index in [2.05, 4.69) is 5.32 Å². The molecule has 0 heterocycles. The molecule has 1 saturated carbocycles. The Balaban J connectivity index is 1.54. The summed E-state index contributed by atoms with van der Waals surface area (Å²) in [6, 6.07) is 7.71. The molecule has 2 unspecified atom stereocenters. The molecule has 0 aromatic heterocycles. The maximum atomic E-state index is 12.3. The summed E-state index contributed by atoms with van der Waals surface area (Å²) in [4.78, 5) is 12.3. The second-order valence-corrected chi connectivity index (χ2v) is 6.60. The van der Waals surface area contributed by atoms with Gasteiger partial charge in [-0.05, 0) is 42.7 Å². The van der Waals surface area contributed by atoms with E-state index >= 15 is 0 Å². The predicted octanol–water partition coefficient (Wildman–Crippen LogP) is 2.36. The summed E-state index contributed by atoms with van der Waals surface area (Å²) < 4.78 is 5.37. The predicted molar refractivity (Wildman–Crippen MR) is 84.4 cm³/mol. The lowest BCUT2D eigenvalue weighted by molar-refractivity contribution is -0.124. The summed E-state index contributed by atoms with van der Waals surface area (Å²) in [6.45, 7) is 0. The first-order valence-electron chi connectivity index (χ1n) is 8.25. The third kappa shape index (κ3) is 3.33. The van der Waals surface area contributed by atoms with Crippen LogP contribution in [0, 0.1) is 5.92 Å². The van der Waals surface area contributed by atoms with E-state index in [1.165, 1.54) is 0 Å². The third-order valence-electron chi connectivity index (χ3n) is 5.12. The highest BCUT2D eigenvalue weighted by molar-refractivity contribution is 5.77. The van der Waals surface area contributed by atoms with E-state index in [1.807, 2.05) is 24.3 Å². The van der Waals surface area contributed by atoms with Gasteiger partial charge in [0.1, 0.15) is 0 Å². The van der Waals surface area contributed by atoms with Gasteiger partial charge in [0.15, 0.2) is 0 Å². The summed E-state index contributed by atoms with van der Waals surface area (Å²) in [5.41, 5.74) is 2.20. The van der Waals surface area contributed by atoms with Gasteiger partial charge in [-0.15, -0.1) is 0 Å². The second-order valence-electron chi connectivity index (χ2n) is 6.60. The molecule has 120 valence electrons. The van der Waals surface area contributed by atoms with Crippen molar-refractivity contribution in [3.8, 4) is 0 Å². The zero-order valence-corrected chi connectivity index (χ0v) is 13.1. The van der Waals surface area contributed by atoms with Crippen molar-refractivity contribution in [2.75, 3.05) is 7.11 Å². The fourth-order valence-electron chi connectivity index (χ4n) is 3.81.